The number of thiazole rings is 1. The Labute approximate surface area is 330 Å². The molecular weight excluding hydrogens is 800 g/mol. The fraction of sp³-hybridized carbons (Fsp3) is 0.441. The van der Waals surface area contributed by atoms with E-state index in [0.717, 1.165) is 28.4 Å². The molecule has 22 heteroatoms. The average Bonchev–Trinajstić information content (AvgIpc) is 3.59. The molecule has 0 unspecified atom stereocenters. The van der Waals surface area contributed by atoms with Crippen molar-refractivity contribution in [2.45, 2.75) is 43.6 Å². The van der Waals surface area contributed by atoms with Gasteiger partial charge in [0, 0.05) is 59.9 Å². The Kier molecular flexibility index (Phi) is 11.3. The minimum absolute atomic E-state index is 0.0455. The third-order valence-electron chi connectivity index (χ3n) is 10.7. The predicted octanol–water partition coefficient (Wildman–Crippen LogP) is -0.0672. The van der Waals surface area contributed by atoms with Crippen LogP contribution in [-0.4, -0.2) is 132 Å². The van der Waals surface area contributed by atoms with Crippen LogP contribution in [0.4, 0.5) is 5.13 Å². The number of piperidine rings is 3. The van der Waals surface area contributed by atoms with Crippen molar-refractivity contribution in [1.29, 1.82) is 0 Å². The van der Waals surface area contributed by atoms with E-state index in [0.29, 0.717) is 55.5 Å². The molecule has 2 aromatic rings. The van der Waals surface area contributed by atoms with Crippen LogP contribution in [0.15, 0.2) is 33.9 Å². The van der Waals surface area contributed by atoms with Gasteiger partial charge in [0.2, 0.25) is 17.8 Å². The number of carbonyl (C=O) groups excluding carboxylic acids is 5. The first-order chi connectivity index (χ1) is 26.4. The fourth-order valence-electron chi connectivity index (χ4n) is 7.54. The van der Waals surface area contributed by atoms with E-state index in [2.05, 4.69) is 15.5 Å². The maximum absolute atomic E-state index is 13.5. The number of anilines is 1. The topological polar surface area (TPSA) is 299 Å². The lowest BCUT2D eigenvalue weighted by Crippen LogP contribution is -2.66. The number of fused-ring (bicyclic) bond motifs is 4. The Bertz CT molecular complexity index is 2060. The van der Waals surface area contributed by atoms with Crippen LogP contribution < -0.4 is 16.2 Å². The van der Waals surface area contributed by atoms with Gasteiger partial charge in [0.25, 0.3) is 5.91 Å². The van der Waals surface area contributed by atoms with Gasteiger partial charge < -0.3 is 50.7 Å². The van der Waals surface area contributed by atoms with Gasteiger partial charge in [-0.2, -0.15) is 0 Å². The molecule has 1 aromatic heterocycles. The molecule has 3 atom stereocenters. The van der Waals surface area contributed by atoms with Gasteiger partial charge in [0.1, 0.15) is 12.2 Å². The summed E-state index contributed by atoms with van der Waals surface area (Å²) in [6.45, 7) is 2.50. The van der Waals surface area contributed by atoms with Crippen molar-refractivity contribution < 1.29 is 68.4 Å². The van der Waals surface area contributed by atoms with Crippen LogP contribution in [0, 0.1) is 11.3 Å². The number of carboxylic acids is 3. The molecule has 6 heterocycles. The van der Waals surface area contributed by atoms with Crippen molar-refractivity contribution in [3.8, 4) is 11.5 Å². The Morgan fingerprint density at radius 2 is 1.82 bits per heavy atom. The van der Waals surface area contributed by atoms with Gasteiger partial charge in [-0.3, -0.25) is 28.9 Å². The largest absolute Gasteiger partial charge is 0.543 e. The van der Waals surface area contributed by atoms with E-state index >= 15 is 0 Å². The number of phenolic OH excluding ortho intramolecular Hbond substituents is 2. The van der Waals surface area contributed by atoms with E-state index in [1.165, 1.54) is 17.1 Å². The van der Waals surface area contributed by atoms with Gasteiger partial charge in [-0.25, -0.2) is 9.78 Å². The molecule has 4 saturated heterocycles. The molecule has 298 valence electrons. The second kappa shape index (κ2) is 15.7. The zero-order valence-corrected chi connectivity index (χ0v) is 31.7. The Balaban J connectivity index is 1.09. The summed E-state index contributed by atoms with van der Waals surface area (Å²) in [5, 5.41) is 57.1. The monoisotopic (exact) mass is 834 g/mol. The van der Waals surface area contributed by atoms with E-state index in [4.69, 9.17) is 27.3 Å². The average molecular weight is 835 g/mol. The first-order valence-corrected chi connectivity index (χ1v) is 19.4. The number of oxime groups is 1. The summed E-state index contributed by atoms with van der Waals surface area (Å²) in [5.74, 6) is -9.86. The quantitative estimate of drug-likeness (QED) is 0.0245. The molecule has 0 saturated carbocycles. The Morgan fingerprint density at radius 3 is 2.39 bits per heavy atom. The zero-order valence-electron chi connectivity index (χ0n) is 29.3. The summed E-state index contributed by atoms with van der Waals surface area (Å²) in [5.41, 5.74) is 4.95. The number of carboxylic acid groups (broad SMARTS) is 3. The first kappa shape index (κ1) is 40.4. The van der Waals surface area contributed by atoms with Crippen molar-refractivity contribution in [1.82, 2.24) is 15.2 Å². The van der Waals surface area contributed by atoms with E-state index in [9.17, 15) is 54.0 Å². The normalized spacial score (nSPS) is 24.8. The number of β-lactam (4-membered cyclic amide) rings is 1. The lowest BCUT2D eigenvalue weighted by atomic mass is 9.70. The van der Waals surface area contributed by atoms with E-state index in [-0.39, 0.29) is 44.8 Å². The molecule has 7 rings (SSSR count). The highest BCUT2D eigenvalue weighted by Gasteiger charge is 2.55. The number of quaternary nitrogens is 1. The minimum Gasteiger partial charge on any atom is -0.543 e. The minimum atomic E-state index is -1.93. The number of nitrogens with zero attached hydrogens (tertiary/aromatic N) is 4. The molecule has 2 bridgehead atoms. The van der Waals surface area contributed by atoms with Crippen LogP contribution in [0.2, 0.25) is 5.02 Å². The van der Waals surface area contributed by atoms with Gasteiger partial charge >= 0.3 is 11.9 Å². The number of amides is 2. The number of halogens is 1. The summed E-state index contributed by atoms with van der Waals surface area (Å²) in [6, 6.07) is 2.05. The van der Waals surface area contributed by atoms with Crippen molar-refractivity contribution >= 4 is 86.8 Å². The first-order valence-electron chi connectivity index (χ1n) is 17.1. The zero-order chi connectivity index (χ0) is 40.7. The number of nitrogens with one attached hydrogen (secondary N) is 1. The number of aromatic nitrogens is 1. The smallest absolute Gasteiger partial charge is 0.348 e. The highest BCUT2D eigenvalue weighted by molar-refractivity contribution is 8.00. The summed E-state index contributed by atoms with van der Waals surface area (Å²) >= 11 is 8.07. The van der Waals surface area contributed by atoms with Crippen LogP contribution in [-0.2, 0) is 33.6 Å². The molecular formula is C34H35ClN6O13S2. The van der Waals surface area contributed by atoms with E-state index in [1.54, 1.807) is 0 Å². The molecule has 5 aliphatic rings. The third-order valence-corrected chi connectivity index (χ3v) is 13.1. The second-order valence-corrected chi connectivity index (χ2v) is 16.6. The molecule has 1 aromatic carbocycles. The lowest BCUT2D eigenvalue weighted by molar-refractivity contribution is -0.941. The van der Waals surface area contributed by atoms with Crippen LogP contribution >= 0.6 is 34.7 Å². The summed E-state index contributed by atoms with van der Waals surface area (Å²) in [7, 11) is 0. The van der Waals surface area contributed by atoms with Crippen LogP contribution in [0.1, 0.15) is 48.2 Å². The summed E-state index contributed by atoms with van der Waals surface area (Å²) < 4.78 is 0.553. The van der Waals surface area contributed by atoms with Crippen molar-refractivity contribution in [2.75, 3.05) is 44.2 Å². The van der Waals surface area contributed by atoms with E-state index in [1.807, 2.05) is 0 Å². The number of ketones is 2. The van der Waals surface area contributed by atoms with Crippen LogP contribution in [0.5, 0.6) is 11.5 Å². The second-order valence-electron chi connectivity index (χ2n) is 14.2. The summed E-state index contributed by atoms with van der Waals surface area (Å²) in [4.78, 5) is 97.7. The number of rotatable bonds is 16. The maximum Gasteiger partial charge on any atom is 0.348 e. The highest BCUT2D eigenvalue weighted by Crippen LogP contribution is 2.48. The van der Waals surface area contributed by atoms with Crippen LogP contribution in [0.3, 0.4) is 0 Å². The molecule has 0 radical (unpaired) electrons. The van der Waals surface area contributed by atoms with E-state index < -0.39 is 88.7 Å². The fourth-order valence-corrected chi connectivity index (χ4v) is 9.71. The molecule has 0 aliphatic carbocycles. The molecule has 56 heavy (non-hydrogen) atoms. The maximum atomic E-state index is 13.5. The molecule has 0 spiro atoms. The molecule has 4 fully saturated rings. The standard InChI is InChI=1S/C34H35ClN6O13S2/c35-18-7-15(8-21(43)27(18)47)26(46)28(48)37-14-34-1-4-41(5-2-34,6-3-34)11-16-12-55-30-17(29(49)40(30)25(16)32(52)53)9-20(42)24(19-13-56-33(36)38-19)39-54-22(31(50)51)10-23(44)45/h7-8,13,17,22,30H,1-6,9-12,14H2,(H7-,36,37,38,39,42,43,44,45,46,47,48,50,51,52,53)/t17-,22+,30-,34?,41?/m1/s1. The highest BCUT2D eigenvalue weighted by atomic mass is 35.5. The SMILES string of the molecule is Nc1nc(/C(=N/O[C@@H](CC(=O)O)C(=O)O)C(=O)C[C@@H]2C(=O)N3C(C(=O)[O-])=C(C[N+]45CCC(CNC(=O)C(=O)c6cc(O)c(O)c(Cl)c6)(CC4)CC5)CS[C@H]23)cs1. The predicted molar refractivity (Wildman–Crippen MR) is 194 cm³/mol. The van der Waals surface area contributed by atoms with Crippen molar-refractivity contribution in [2.24, 2.45) is 16.5 Å². The van der Waals surface area contributed by atoms with Gasteiger partial charge in [-0.1, -0.05) is 16.8 Å². The molecule has 5 aliphatic heterocycles. The molecule has 2 amide bonds. The molecule has 19 nitrogen and oxygen atoms in total. The molecule has 7 N–H and O–H groups in total. The Morgan fingerprint density at radius 1 is 1.14 bits per heavy atom. The number of Topliss-reactive ketones (excluding diaryl/α,β-unsaturated/α-hetero) is 2. The van der Waals surface area contributed by atoms with Gasteiger partial charge in [-0.15, -0.1) is 23.1 Å². The number of aromatic hydroxyl groups is 2. The van der Waals surface area contributed by atoms with Crippen molar-refractivity contribution in [3.63, 3.8) is 0 Å². The number of hydrogen-bond acceptors (Lipinski definition) is 16. The number of thioether (sulfide) groups is 1. The number of carbonyl (C=O) groups is 7. The number of nitrogen functional groups attached to an aromatic ring is 1. The number of phenols is 2. The third kappa shape index (κ3) is 8.02. The van der Waals surface area contributed by atoms with Gasteiger partial charge in [0.05, 0.1) is 54.0 Å². The van der Waals surface area contributed by atoms with Crippen LogP contribution in [0.25, 0.3) is 0 Å². The summed E-state index contributed by atoms with van der Waals surface area (Å²) in [6.07, 6.45) is -1.33. The van der Waals surface area contributed by atoms with Gasteiger partial charge in [0.15, 0.2) is 28.1 Å². The Hall–Kier alpha value is -5.25. The number of nitrogens with two attached hydrogens (primary N) is 1. The van der Waals surface area contributed by atoms with Gasteiger partial charge in [-0.05, 0) is 12.1 Å². The number of benzene rings is 1. The number of hydrogen-bond donors (Lipinski definition) is 6. The van der Waals surface area contributed by atoms with Crippen molar-refractivity contribution in [3.05, 3.63) is 45.1 Å². The number of aliphatic carboxylic acids is 3. The lowest BCUT2D eigenvalue weighted by Gasteiger charge is -2.56.